The molecule has 10 heteroatoms. The fourth-order valence-corrected chi connectivity index (χ4v) is 2.57. The van der Waals surface area contributed by atoms with Crippen LogP contribution < -0.4 is 14.5 Å². The second-order valence-corrected chi connectivity index (χ2v) is 5.55. The summed E-state index contributed by atoms with van der Waals surface area (Å²) in [7, 11) is 1.54. The van der Waals surface area contributed by atoms with E-state index in [4.69, 9.17) is 4.74 Å². The fraction of sp³-hybridized carbons (Fsp3) is 0.467. The van der Waals surface area contributed by atoms with Crippen LogP contribution in [0.15, 0.2) is 18.5 Å². The van der Waals surface area contributed by atoms with Gasteiger partial charge in [-0.3, -0.25) is 0 Å². The molecule has 0 aromatic carbocycles. The standard InChI is InChI=1S/C15H17F3N6O/c1-10-21-12(15(16,17)18)7-13(22-10)23-3-5-24(6-4-23)14-19-8-11(25-2)9-20-14/h7-9H,3-6H2,1-2H3. The molecule has 1 fully saturated rings. The maximum absolute atomic E-state index is 12.9. The Bertz CT molecular complexity index is 729. The number of rotatable bonds is 3. The van der Waals surface area contributed by atoms with E-state index in [9.17, 15) is 13.2 Å². The van der Waals surface area contributed by atoms with Gasteiger partial charge in [-0.15, -0.1) is 0 Å². The Hall–Kier alpha value is -2.65. The molecule has 1 aliphatic rings. The van der Waals surface area contributed by atoms with Crippen LogP contribution in [0.3, 0.4) is 0 Å². The summed E-state index contributed by atoms with van der Waals surface area (Å²) in [5, 5.41) is 0. The van der Waals surface area contributed by atoms with Crippen molar-refractivity contribution in [1.29, 1.82) is 0 Å². The molecule has 134 valence electrons. The Kier molecular flexibility index (Phi) is 4.60. The third-order valence-electron chi connectivity index (χ3n) is 3.85. The smallest absolute Gasteiger partial charge is 0.433 e. The predicted molar refractivity (Wildman–Crippen MR) is 84.8 cm³/mol. The number of piperazine rings is 1. The molecule has 0 N–H and O–H groups in total. The molecule has 0 bridgehead atoms. The van der Waals surface area contributed by atoms with Crippen LogP contribution in [0.25, 0.3) is 0 Å². The second kappa shape index (κ2) is 6.69. The first-order valence-electron chi connectivity index (χ1n) is 7.65. The number of ether oxygens (including phenoxy) is 1. The Morgan fingerprint density at radius 2 is 1.60 bits per heavy atom. The van der Waals surface area contributed by atoms with Crippen LogP contribution in [-0.4, -0.2) is 53.2 Å². The van der Waals surface area contributed by atoms with Crippen molar-refractivity contribution in [2.75, 3.05) is 43.1 Å². The maximum atomic E-state index is 12.9. The molecule has 0 saturated carbocycles. The number of aromatic nitrogens is 4. The Morgan fingerprint density at radius 3 is 2.16 bits per heavy atom. The Balaban J connectivity index is 1.70. The number of alkyl halides is 3. The molecule has 0 unspecified atom stereocenters. The minimum absolute atomic E-state index is 0.103. The van der Waals surface area contributed by atoms with E-state index in [1.165, 1.54) is 14.0 Å². The molecule has 0 spiro atoms. The third-order valence-corrected chi connectivity index (χ3v) is 3.85. The van der Waals surface area contributed by atoms with Crippen molar-refractivity contribution in [2.45, 2.75) is 13.1 Å². The summed E-state index contributed by atoms with van der Waals surface area (Å²) >= 11 is 0. The van der Waals surface area contributed by atoms with Crippen molar-refractivity contribution < 1.29 is 17.9 Å². The number of halogens is 3. The number of aryl methyl sites for hydroxylation is 1. The Labute approximate surface area is 142 Å². The molecule has 7 nitrogen and oxygen atoms in total. The molecule has 2 aromatic heterocycles. The Morgan fingerprint density at radius 1 is 1.00 bits per heavy atom. The molecule has 0 atom stereocenters. The van der Waals surface area contributed by atoms with E-state index in [0.29, 0.717) is 37.9 Å². The lowest BCUT2D eigenvalue weighted by Gasteiger charge is -2.35. The summed E-state index contributed by atoms with van der Waals surface area (Å²) in [6.07, 6.45) is -1.32. The van der Waals surface area contributed by atoms with Crippen LogP contribution in [0.5, 0.6) is 5.75 Å². The van der Waals surface area contributed by atoms with Crippen LogP contribution in [0.2, 0.25) is 0 Å². The molecule has 3 heterocycles. The highest BCUT2D eigenvalue weighted by molar-refractivity contribution is 5.44. The van der Waals surface area contributed by atoms with Crippen LogP contribution in [-0.2, 0) is 6.18 Å². The average molecular weight is 354 g/mol. The number of hydrogen-bond donors (Lipinski definition) is 0. The molecular weight excluding hydrogens is 337 g/mol. The van der Waals surface area contributed by atoms with Gasteiger partial charge in [-0.05, 0) is 6.92 Å². The van der Waals surface area contributed by atoms with Crippen LogP contribution in [0.1, 0.15) is 11.5 Å². The van der Waals surface area contributed by atoms with E-state index in [2.05, 4.69) is 19.9 Å². The highest BCUT2D eigenvalue weighted by Crippen LogP contribution is 2.30. The van der Waals surface area contributed by atoms with Gasteiger partial charge in [-0.25, -0.2) is 19.9 Å². The first kappa shape index (κ1) is 17.2. The highest BCUT2D eigenvalue weighted by Gasteiger charge is 2.34. The first-order chi connectivity index (χ1) is 11.9. The maximum Gasteiger partial charge on any atom is 0.433 e. The first-order valence-corrected chi connectivity index (χ1v) is 7.65. The number of nitrogens with zero attached hydrogens (tertiary/aromatic N) is 6. The largest absolute Gasteiger partial charge is 0.494 e. The van der Waals surface area contributed by atoms with E-state index >= 15 is 0 Å². The SMILES string of the molecule is COc1cnc(N2CCN(c3cc(C(F)(F)F)nc(C)n3)CC2)nc1. The van der Waals surface area contributed by atoms with Gasteiger partial charge in [0.25, 0.3) is 0 Å². The van der Waals surface area contributed by atoms with Gasteiger partial charge in [0.2, 0.25) is 5.95 Å². The van der Waals surface area contributed by atoms with Crippen molar-refractivity contribution in [3.8, 4) is 5.75 Å². The predicted octanol–water partition coefficient (Wildman–Crippen LogP) is 1.93. The normalized spacial score (nSPS) is 15.4. The van der Waals surface area contributed by atoms with Crippen molar-refractivity contribution in [1.82, 2.24) is 19.9 Å². The fourth-order valence-electron chi connectivity index (χ4n) is 2.57. The van der Waals surface area contributed by atoms with E-state index in [-0.39, 0.29) is 11.6 Å². The monoisotopic (exact) mass is 354 g/mol. The zero-order valence-electron chi connectivity index (χ0n) is 13.8. The summed E-state index contributed by atoms with van der Waals surface area (Å²) in [5.41, 5.74) is -0.920. The summed E-state index contributed by atoms with van der Waals surface area (Å²) in [4.78, 5) is 19.8. The van der Waals surface area contributed by atoms with Crippen LogP contribution in [0, 0.1) is 6.92 Å². The van der Waals surface area contributed by atoms with Gasteiger partial charge in [0.15, 0.2) is 5.75 Å². The van der Waals surface area contributed by atoms with E-state index in [0.717, 1.165) is 6.07 Å². The minimum Gasteiger partial charge on any atom is -0.494 e. The van der Waals surface area contributed by atoms with Gasteiger partial charge in [-0.1, -0.05) is 0 Å². The van der Waals surface area contributed by atoms with Gasteiger partial charge in [0.05, 0.1) is 19.5 Å². The summed E-state index contributed by atoms with van der Waals surface area (Å²) in [6, 6.07) is 0.993. The molecule has 25 heavy (non-hydrogen) atoms. The van der Waals surface area contributed by atoms with E-state index < -0.39 is 11.9 Å². The number of methoxy groups -OCH3 is 1. The van der Waals surface area contributed by atoms with Crippen molar-refractivity contribution in [3.63, 3.8) is 0 Å². The van der Waals surface area contributed by atoms with Crippen molar-refractivity contribution in [2.24, 2.45) is 0 Å². The second-order valence-electron chi connectivity index (χ2n) is 5.55. The molecule has 0 amide bonds. The van der Waals surface area contributed by atoms with E-state index in [1.54, 1.807) is 12.4 Å². The van der Waals surface area contributed by atoms with Crippen LogP contribution in [0.4, 0.5) is 24.9 Å². The molecule has 0 radical (unpaired) electrons. The zero-order valence-corrected chi connectivity index (χ0v) is 13.8. The van der Waals surface area contributed by atoms with Gasteiger partial charge in [-0.2, -0.15) is 13.2 Å². The highest BCUT2D eigenvalue weighted by atomic mass is 19.4. The molecular formula is C15H17F3N6O. The molecule has 1 aliphatic heterocycles. The molecule has 1 saturated heterocycles. The average Bonchev–Trinajstić information content (AvgIpc) is 2.61. The quantitative estimate of drug-likeness (QED) is 0.834. The summed E-state index contributed by atoms with van der Waals surface area (Å²) in [6.45, 7) is 3.65. The molecule has 3 rings (SSSR count). The number of anilines is 2. The lowest BCUT2D eigenvalue weighted by Crippen LogP contribution is -2.47. The lowest BCUT2D eigenvalue weighted by molar-refractivity contribution is -0.141. The van der Waals surface area contributed by atoms with E-state index in [1.807, 2.05) is 9.80 Å². The van der Waals surface area contributed by atoms with Crippen molar-refractivity contribution in [3.05, 3.63) is 30.0 Å². The molecule has 0 aliphatic carbocycles. The van der Waals surface area contributed by atoms with Gasteiger partial charge in [0.1, 0.15) is 17.3 Å². The molecule has 2 aromatic rings. The lowest BCUT2D eigenvalue weighted by atomic mass is 10.3. The number of hydrogen-bond acceptors (Lipinski definition) is 7. The zero-order chi connectivity index (χ0) is 18.0. The van der Waals surface area contributed by atoms with Gasteiger partial charge < -0.3 is 14.5 Å². The van der Waals surface area contributed by atoms with Crippen LogP contribution >= 0.6 is 0 Å². The topological polar surface area (TPSA) is 67.3 Å². The van der Waals surface area contributed by atoms with Crippen molar-refractivity contribution >= 4 is 11.8 Å². The van der Waals surface area contributed by atoms with Gasteiger partial charge >= 0.3 is 6.18 Å². The minimum atomic E-state index is -4.48. The summed E-state index contributed by atoms with van der Waals surface area (Å²) in [5.74, 6) is 1.52. The third kappa shape index (κ3) is 3.89. The van der Waals surface area contributed by atoms with Gasteiger partial charge in [0, 0.05) is 32.2 Å². The summed E-state index contributed by atoms with van der Waals surface area (Å²) < 4.78 is 43.8.